The number of amides is 1. The number of benzene rings is 2. The number of rotatable bonds is 5. The van der Waals surface area contributed by atoms with Gasteiger partial charge in [-0.1, -0.05) is 18.2 Å². The van der Waals surface area contributed by atoms with Crippen molar-refractivity contribution in [1.82, 2.24) is 0 Å². The second-order valence-corrected chi connectivity index (χ2v) is 6.37. The zero-order chi connectivity index (χ0) is 18.5. The molecule has 7 nitrogen and oxygen atoms in total. The number of carbonyl (C=O) groups is 1. The zero-order valence-electron chi connectivity index (χ0n) is 14.8. The van der Waals surface area contributed by atoms with Crippen LogP contribution in [0.3, 0.4) is 0 Å². The van der Waals surface area contributed by atoms with Crippen LogP contribution in [0, 0.1) is 10.1 Å². The summed E-state index contributed by atoms with van der Waals surface area (Å²) in [5.41, 5.74) is 1.89. The molecule has 26 heavy (non-hydrogen) atoms. The van der Waals surface area contributed by atoms with E-state index in [1.165, 1.54) is 18.2 Å². The topological polar surface area (TPSA) is 79.9 Å². The van der Waals surface area contributed by atoms with Crippen LogP contribution in [-0.2, 0) is 0 Å². The standard InChI is InChI=1S/C19H22N4O3/c1-2-21-10-12-22(13-11-21)18-9-4-3-8-17(18)20-19(24)15-6-5-7-16(14-15)23(25)26/h3-9,14H,2,10-13H2,1H3,(H,20,24)/p+1. The number of nitro groups is 1. The Bertz CT molecular complexity index is 801. The van der Waals surface area contributed by atoms with Crippen molar-refractivity contribution < 1.29 is 14.6 Å². The van der Waals surface area contributed by atoms with Gasteiger partial charge in [-0.15, -0.1) is 0 Å². The van der Waals surface area contributed by atoms with Crippen molar-refractivity contribution >= 4 is 23.0 Å². The molecular weight excluding hydrogens is 332 g/mol. The molecule has 1 saturated heterocycles. The van der Waals surface area contributed by atoms with Gasteiger partial charge in [-0.05, 0) is 25.1 Å². The predicted molar refractivity (Wildman–Crippen MR) is 101 cm³/mol. The summed E-state index contributed by atoms with van der Waals surface area (Å²) in [6, 6.07) is 13.5. The number of hydrogen-bond donors (Lipinski definition) is 2. The number of para-hydroxylation sites is 2. The number of nitro benzene ring substituents is 1. The number of hydrogen-bond acceptors (Lipinski definition) is 4. The molecule has 0 aliphatic carbocycles. The first-order chi connectivity index (χ1) is 12.6. The molecule has 2 N–H and O–H groups in total. The molecule has 0 unspecified atom stereocenters. The molecule has 1 amide bonds. The Morgan fingerprint density at radius 1 is 1.19 bits per heavy atom. The van der Waals surface area contributed by atoms with Crippen LogP contribution >= 0.6 is 0 Å². The summed E-state index contributed by atoms with van der Waals surface area (Å²) in [6.45, 7) is 7.34. The molecule has 0 spiro atoms. The van der Waals surface area contributed by atoms with Crippen LogP contribution in [0.15, 0.2) is 48.5 Å². The van der Waals surface area contributed by atoms with Crippen molar-refractivity contribution in [2.45, 2.75) is 6.92 Å². The maximum Gasteiger partial charge on any atom is 0.270 e. The Hall–Kier alpha value is -2.93. The minimum Gasteiger partial charge on any atom is -0.359 e. The number of nitrogens with zero attached hydrogens (tertiary/aromatic N) is 2. The van der Waals surface area contributed by atoms with E-state index in [1.807, 2.05) is 24.3 Å². The highest BCUT2D eigenvalue weighted by atomic mass is 16.6. The van der Waals surface area contributed by atoms with Gasteiger partial charge in [-0.3, -0.25) is 14.9 Å². The lowest BCUT2D eigenvalue weighted by atomic mass is 10.1. The maximum atomic E-state index is 12.6. The number of piperazine rings is 1. The Balaban J connectivity index is 1.77. The first-order valence-electron chi connectivity index (χ1n) is 8.82. The number of carbonyl (C=O) groups excluding carboxylic acids is 1. The Morgan fingerprint density at radius 2 is 1.92 bits per heavy atom. The summed E-state index contributed by atoms with van der Waals surface area (Å²) in [7, 11) is 0. The van der Waals surface area contributed by atoms with Crippen molar-refractivity contribution in [2.24, 2.45) is 0 Å². The van der Waals surface area contributed by atoms with Crippen LogP contribution in [0.4, 0.5) is 17.1 Å². The first kappa shape index (κ1) is 17.9. The normalized spacial score (nSPS) is 14.9. The summed E-state index contributed by atoms with van der Waals surface area (Å²) in [4.78, 5) is 26.8. The zero-order valence-corrected chi connectivity index (χ0v) is 14.8. The smallest absolute Gasteiger partial charge is 0.270 e. The third-order valence-electron chi connectivity index (χ3n) is 4.78. The first-order valence-corrected chi connectivity index (χ1v) is 8.82. The van der Waals surface area contributed by atoms with Crippen molar-refractivity contribution in [2.75, 3.05) is 42.9 Å². The second kappa shape index (κ2) is 7.97. The van der Waals surface area contributed by atoms with Crippen LogP contribution in [0.5, 0.6) is 0 Å². The molecule has 1 heterocycles. The van der Waals surface area contributed by atoms with Crippen molar-refractivity contribution in [3.63, 3.8) is 0 Å². The number of anilines is 2. The van der Waals surface area contributed by atoms with Gasteiger partial charge in [-0.25, -0.2) is 0 Å². The van der Waals surface area contributed by atoms with Crippen LogP contribution < -0.4 is 15.1 Å². The van der Waals surface area contributed by atoms with Crippen molar-refractivity contribution in [1.29, 1.82) is 0 Å². The molecule has 1 fully saturated rings. The summed E-state index contributed by atoms with van der Waals surface area (Å²) >= 11 is 0. The van der Waals surface area contributed by atoms with Gasteiger partial charge in [0.1, 0.15) is 0 Å². The quantitative estimate of drug-likeness (QED) is 0.630. The Morgan fingerprint density at radius 3 is 2.62 bits per heavy atom. The minimum atomic E-state index is -0.500. The van der Waals surface area contributed by atoms with E-state index in [0.29, 0.717) is 0 Å². The lowest BCUT2D eigenvalue weighted by Gasteiger charge is -2.34. The number of likely N-dealkylation sites (N-methyl/N-ethyl adjacent to an activating group) is 1. The molecule has 7 heteroatoms. The van der Waals surface area contributed by atoms with E-state index in [4.69, 9.17) is 0 Å². The van der Waals surface area contributed by atoms with Gasteiger partial charge < -0.3 is 15.1 Å². The van der Waals surface area contributed by atoms with Gasteiger partial charge in [-0.2, -0.15) is 0 Å². The fraction of sp³-hybridized carbons (Fsp3) is 0.316. The lowest BCUT2D eigenvalue weighted by molar-refractivity contribution is -0.898. The molecule has 3 rings (SSSR count). The largest absolute Gasteiger partial charge is 0.359 e. The minimum absolute atomic E-state index is 0.0930. The van der Waals surface area contributed by atoms with E-state index in [2.05, 4.69) is 17.1 Å². The third kappa shape index (κ3) is 4.00. The third-order valence-corrected chi connectivity index (χ3v) is 4.78. The maximum absolute atomic E-state index is 12.6. The van der Waals surface area contributed by atoms with E-state index in [0.717, 1.165) is 44.1 Å². The number of quaternary nitrogens is 1. The summed E-state index contributed by atoms with van der Waals surface area (Å²) < 4.78 is 0. The Labute approximate surface area is 152 Å². The van der Waals surface area contributed by atoms with E-state index in [-0.39, 0.29) is 17.2 Å². The van der Waals surface area contributed by atoms with Gasteiger partial charge in [0, 0.05) is 17.7 Å². The van der Waals surface area contributed by atoms with E-state index in [9.17, 15) is 14.9 Å². The van der Waals surface area contributed by atoms with E-state index >= 15 is 0 Å². The van der Waals surface area contributed by atoms with Gasteiger partial charge in [0.25, 0.3) is 11.6 Å². The molecule has 0 bridgehead atoms. The predicted octanol–water partition coefficient (Wildman–Crippen LogP) is 1.57. The van der Waals surface area contributed by atoms with Gasteiger partial charge in [0.15, 0.2) is 0 Å². The summed E-state index contributed by atoms with van der Waals surface area (Å²) in [5, 5.41) is 13.8. The second-order valence-electron chi connectivity index (χ2n) is 6.37. The molecule has 1 aliphatic heterocycles. The highest BCUT2D eigenvalue weighted by Gasteiger charge is 2.21. The SMILES string of the molecule is CC[NH+]1CCN(c2ccccc2NC(=O)c2cccc([N+](=O)[O-])c2)CC1. The van der Waals surface area contributed by atoms with Gasteiger partial charge in [0.05, 0.1) is 49.0 Å². The molecule has 0 atom stereocenters. The van der Waals surface area contributed by atoms with Gasteiger partial charge in [0.2, 0.25) is 0 Å². The fourth-order valence-corrected chi connectivity index (χ4v) is 3.23. The average Bonchev–Trinajstić information content (AvgIpc) is 2.68. The van der Waals surface area contributed by atoms with E-state index < -0.39 is 4.92 Å². The molecule has 2 aromatic rings. The molecule has 1 aliphatic rings. The van der Waals surface area contributed by atoms with Crippen LogP contribution in [0.2, 0.25) is 0 Å². The Kier molecular flexibility index (Phi) is 5.48. The average molecular weight is 355 g/mol. The highest BCUT2D eigenvalue weighted by Crippen LogP contribution is 2.26. The van der Waals surface area contributed by atoms with Crippen LogP contribution in [-0.4, -0.2) is 43.6 Å². The molecule has 0 saturated carbocycles. The summed E-state index contributed by atoms with van der Waals surface area (Å²) in [5.74, 6) is -0.348. The number of nitrogens with one attached hydrogen (secondary N) is 2. The summed E-state index contributed by atoms with van der Waals surface area (Å²) in [6.07, 6.45) is 0. The van der Waals surface area contributed by atoms with Crippen molar-refractivity contribution in [3.05, 3.63) is 64.2 Å². The molecule has 2 aromatic carbocycles. The highest BCUT2D eigenvalue weighted by molar-refractivity contribution is 6.06. The van der Waals surface area contributed by atoms with Crippen LogP contribution in [0.1, 0.15) is 17.3 Å². The van der Waals surface area contributed by atoms with Crippen LogP contribution in [0.25, 0.3) is 0 Å². The number of non-ortho nitro benzene ring substituents is 1. The fourth-order valence-electron chi connectivity index (χ4n) is 3.23. The molecule has 0 aromatic heterocycles. The molecule has 136 valence electrons. The molecule has 0 radical (unpaired) electrons. The van der Waals surface area contributed by atoms with Crippen molar-refractivity contribution in [3.8, 4) is 0 Å². The molecular formula is C19H23N4O3+. The lowest BCUT2D eigenvalue weighted by Crippen LogP contribution is -3.14. The van der Waals surface area contributed by atoms with Gasteiger partial charge >= 0.3 is 0 Å². The van der Waals surface area contributed by atoms with E-state index in [1.54, 1.807) is 11.0 Å². The monoisotopic (exact) mass is 355 g/mol.